The largest absolute Gasteiger partial charge is 0.351 e. The van der Waals surface area contributed by atoms with Crippen LogP contribution in [-0.4, -0.2) is 12.5 Å². The van der Waals surface area contributed by atoms with E-state index in [1.54, 1.807) is 0 Å². The first-order valence-corrected chi connectivity index (χ1v) is 5.26. The molecule has 0 aliphatic rings. The molecule has 2 nitrogen and oxygen atoms in total. The topological polar surface area (TPSA) is 29.1 Å². The van der Waals surface area contributed by atoms with Crippen LogP contribution in [0.2, 0.25) is 0 Å². The first-order chi connectivity index (χ1) is 6.09. The van der Waals surface area contributed by atoms with E-state index in [2.05, 4.69) is 19.2 Å². The molecule has 1 aromatic rings. The average Bonchev–Trinajstić information content (AvgIpc) is 2.47. The average molecular weight is 197 g/mol. The maximum Gasteiger partial charge on any atom is 0.261 e. The van der Waals surface area contributed by atoms with Crippen molar-refractivity contribution in [3.63, 3.8) is 0 Å². The third-order valence-corrected chi connectivity index (χ3v) is 2.63. The summed E-state index contributed by atoms with van der Waals surface area (Å²) in [7, 11) is 0. The van der Waals surface area contributed by atoms with Gasteiger partial charge < -0.3 is 5.32 Å². The number of rotatable bonds is 3. The Morgan fingerprint density at radius 2 is 2.23 bits per heavy atom. The monoisotopic (exact) mass is 197 g/mol. The van der Waals surface area contributed by atoms with Gasteiger partial charge in [0.25, 0.3) is 5.91 Å². The lowest BCUT2D eigenvalue weighted by atomic mass is 10.2. The summed E-state index contributed by atoms with van der Waals surface area (Å²) in [5.74, 6) is 0.553. The first kappa shape index (κ1) is 10.3. The van der Waals surface area contributed by atoms with Crippen LogP contribution in [0.5, 0.6) is 0 Å². The smallest absolute Gasteiger partial charge is 0.261 e. The van der Waals surface area contributed by atoms with Gasteiger partial charge in [-0.3, -0.25) is 4.79 Å². The summed E-state index contributed by atoms with van der Waals surface area (Å²) in [5.41, 5.74) is 0. The molecule has 1 N–H and O–H groups in total. The van der Waals surface area contributed by atoms with E-state index in [-0.39, 0.29) is 5.91 Å². The van der Waals surface area contributed by atoms with E-state index in [0.717, 1.165) is 11.4 Å². The third-order valence-electron chi connectivity index (χ3n) is 1.64. The summed E-state index contributed by atoms with van der Waals surface area (Å²) in [4.78, 5) is 13.4. The van der Waals surface area contributed by atoms with Gasteiger partial charge in [-0.05, 0) is 25.0 Å². The molecule has 13 heavy (non-hydrogen) atoms. The Kier molecular flexibility index (Phi) is 3.48. The molecule has 1 amide bonds. The highest BCUT2D eigenvalue weighted by Gasteiger charge is 2.07. The summed E-state index contributed by atoms with van der Waals surface area (Å²) >= 11 is 1.54. The van der Waals surface area contributed by atoms with Crippen molar-refractivity contribution in [2.75, 3.05) is 6.54 Å². The zero-order valence-corrected chi connectivity index (χ0v) is 9.07. The molecular weight excluding hydrogens is 182 g/mol. The van der Waals surface area contributed by atoms with Gasteiger partial charge in [0.2, 0.25) is 0 Å². The highest BCUT2D eigenvalue weighted by atomic mass is 32.1. The van der Waals surface area contributed by atoms with Crippen LogP contribution in [-0.2, 0) is 0 Å². The summed E-state index contributed by atoms with van der Waals surface area (Å²) in [6.07, 6.45) is 0. The third kappa shape index (κ3) is 3.19. The second kappa shape index (κ2) is 4.42. The van der Waals surface area contributed by atoms with Gasteiger partial charge in [-0.2, -0.15) is 0 Å². The van der Waals surface area contributed by atoms with Gasteiger partial charge in [-0.25, -0.2) is 0 Å². The van der Waals surface area contributed by atoms with Crippen molar-refractivity contribution < 1.29 is 4.79 Å². The Balaban J connectivity index is 2.49. The van der Waals surface area contributed by atoms with Crippen LogP contribution < -0.4 is 5.32 Å². The minimum Gasteiger partial charge on any atom is -0.351 e. The summed E-state index contributed by atoms with van der Waals surface area (Å²) in [6, 6.07) is 3.84. The zero-order valence-electron chi connectivity index (χ0n) is 8.26. The summed E-state index contributed by atoms with van der Waals surface area (Å²) in [6.45, 7) is 6.92. The minimum atomic E-state index is 0.0480. The molecule has 1 aromatic heterocycles. The van der Waals surface area contributed by atoms with Gasteiger partial charge in [0.05, 0.1) is 4.88 Å². The van der Waals surface area contributed by atoms with E-state index in [9.17, 15) is 4.79 Å². The molecule has 0 radical (unpaired) electrons. The van der Waals surface area contributed by atoms with Gasteiger partial charge in [0.1, 0.15) is 0 Å². The molecule has 0 aromatic carbocycles. The van der Waals surface area contributed by atoms with Crippen molar-refractivity contribution in [3.8, 4) is 0 Å². The lowest BCUT2D eigenvalue weighted by molar-refractivity contribution is 0.0953. The minimum absolute atomic E-state index is 0.0480. The standard InChI is InChI=1S/C10H15NOS/c1-7(2)6-11-10(12)9-5-4-8(3)13-9/h4-5,7H,6H2,1-3H3,(H,11,12). The fourth-order valence-corrected chi connectivity index (χ4v) is 1.72. The number of aryl methyl sites for hydroxylation is 1. The molecule has 0 aliphatic heterocycles. The van der Waals surface area contributed by atoms with Crippen LogP contribution in [0.1, 0.15) is 28.4 Å². The van der Waals surface area contributed by atoms with E-state index in [0.29, 0.717) is 5.92 Å². The van der Waals surface area contributed by atoms with Crippen molar-refractivity contribution in [3.05, 3.63) is 21.9 Å². The fourth-order valence-electron chi connectivity index (χ4n) is 0.940. The molecule has 0 fully saturated rings. The van der Waals surface area contributed by atoms with E-state index in [4.69, 9.17) is 0 Å². The maximum atomic E-state index is 11.5. The number of hydrogen-bond donors (Lipinski definition) is 1. The van der Waals surface area contributed by atoms with Crippen molar-refractivity contribution in [2.24, 2.45) is 5.92 Å². The van der Waals surface area contributed by atoms with Crippen molar-refractivity contribution in [1.29, 1.82) is 0 Å². The summed E-state index contributed by atoms with van der Waals surface area (Å²) in [5, 5.41) is 2.88. The van der Waals surface area contributed by atoms with E-state index in [1.165, 1.54) is 16.2 Å². The lowest BCUT2D eigenvalue weighted by Crippen LogP contribution is -2.26. The Labute approximate surface area is 83.0 Å². The van der Waals surface area contributed by atoms with Gasteiger partial charge in [-0.1, -0.05) is 13.8 Å². The summed E-state index contributed by atoms with van der Waals surface area (Å²) < 4.78 is 0. The second-order valence-electron chi connectivity index (χ2n) is 3.51. The van der Waals surface area contributed by atoms with Crippen molar-refractivity contribution >= 4 is 17.2 Å². The first-order valence-electron chi connectivity index (χ1n) is 4.44. The van der Waals surface area contributed by atoms with Crippen LogP contribution >= 0.6 is 11.3 Å². The molecule has 0 aliphatic carbocycles. The molecule has 3 heteroatoms. The van der Waals surface area contributed by atoms with Gasteiger partial charge >= 0.3 is 0 Å². The Bertz CT molecular complexity index is 291. The Hall–Kier alpha value is -0.830. The molecule has 0 saturated heterocycles. The SMILES string of the molecule is Cc1ccc(C(=O)NCC(C)C)s1. The van der Waals surface area contributed by atoms with Crippen LogP contribution in [0.4, 0.5) is 0 Å². The number of carbonyl (C=O) groups excluding carboxylic acids is 1. The van der Waals surface area contributed by atoms with E-state index >= 15 is 0 Å². The van der Waals surface area contributed by atoms with Crippen molar-refractivity contribution in [2.45, 2.75) is 20.8 Å². The number of carbonyl (C=O) groups is 1. The Morgan fingerprint density at radius 1 is 1.54 bits per heavy atom. The lowest BCUT2D eigenvalue weighted by Gasteiger charge is -2.05. The van der Waals surface area contributed by atoms with Crippen LogP contribution in [0.15, 0.2) is 12.1 Å². The highest BCUT2D eigenvalue weighted by molar-refractivity contribution is 7.13. The van der Waals surface area contributed by atoms with E-state index < -0.39 is 0 Å². The van der Waals surface area contributed by atoms with Gasteiger partial charge in [-0.15, -0.1) is 11.3 Å². The number of nitrogens with one attached hydrogen (secondary N) is 1. The van der Waals surface area contributed by atoms with Crippen LogP contribution in [0.25, 0.3) is 0 Å². The molecule has 0 atom stereocenters. The number of hydrogen-bond acceptors (Lipinski definition) is 2. The fraction of sp³-hybridized carbons (Fsp3) is 0.500. The molecule has 1 rings (SSSR count). The maximum absolute atomic E-state index is 11.5. The van der Waals surface area contributed by atoms with E-state index in [1.807, 2.05) is 19.1 Å². The van der Waals surface area contributed by atoms with Crippen LogP contribution in [0, 0.1) is 12.8 Å². The molecule has 0 saturated carbocycles. The molecule has 0 spiro atoms. The molecule has 1 heterocycles. The molecule has 72 valence electrons. The number of thiophene rings is 1. The highest BCUT2D eigenvalue weighted by Crippen LogP contribution is 2.14. The normalized spacial score (nSPS) is 10.5. The predicted molar refractivity (Wildman–Crippen MR) is 56.2 cm³/mol. The second-order valence-corrected chi connectivity index (χ2v) is 4.80. The molecular formula is C10H15NOS. The zero-order chi connectivity index (χ0) is 9.84. The van der Waals surface area contributed by atoms with Gasteiger partial charge in [0.15, 0.2) is 0 Å². The van der Waals surface area contributed by atoms with Gasteiger partial charge in [0, 0.05) is 11.4 Å². The quantitative estimate of drug-likeness (QED) is 0.792. The predicted octanol–water partition coefficient (Wildman–Crippen LogP) is 2.44. The van der Waals surface area contributed by atoms with Crippen LogP contribution in [0.3, 0.4) is 0 Å². The Morgan fingerprint density at radius 3 is 2.69 bits per heavy atom. The molecule has 0 unspecified atom stereocenters. The number of amides is 1. The molecule has 0 bridgehead atoms. The van der Waals surface area contributed by atoms with Crippen molar-refractivity contribution in [1.82, 2.24) is 5.32 Å².